The second kappa shape index (κ2) is 9.02. The van der Waals surface area contributed by atoms with Gasteiger partial charge in [-0.1, -0.05) is 41.9 Å². The third-order valence-corrected chi connectivity index (χ3v) is 5.90. The number of nitrogens with one attached hydrogen (secondary N) is 2. The van der Waals surface area contributed by atoms with Gasteiger partial charge in [-0.05, 0) is 12.1 Å². The Morgan fingerprint density at radius 1 is 1.15 bits per heavy atom. The van der Waals surface area contributed by atoms with Crippen molar-refractivity contribution in [1.82, 2.24) is 14.8 Å². The van der Waals surface area contributed by atoms with E-state index in [2.05, 4.69) is 10.6 Å². The van der Waals surface area contributed by atoms with Gasteiger partial charge in [0.1, 0.15) is 11.9 Å². The number of alkyl halides is 2. The van der Waals surface area contributed by atoms with Gasteiger partial charge in [0, 0.05) is 37.0 Å². The maximum Gasteiger partial charge on any atom is 0.318 e. The molecule has 3 aromatic rings. The number of likely N-dealkylation sites (tertiary alicyclic amines) is 1. The molecular weight excluding hydrogens is 473 g/mol. The molecule has 1 unspecified atom stereocenters. The molecule has 3 amide bonds. The minimum atomic E-state index is -3.28. The van der Waals surface area contributed by atoms with Crippen LogP contribution in [0.15, 0.2) is 48.7 Å². The number of benzene rings is 2. The molecule has 1 aliphatic rings. The van der Waals surface area contributed by atoms with E-state index in [-0.39, 0.29) is 28.7 Å². The van der Waals surface area contributed by atoms with Crippen LogP contribution in [0.4, 0.5) is 23.7 Å². The molecule has 4 rings (SSSR count). The summed E-state index contributed by atoms with van der Waals surface area (Å²) in [5, 5.41) is 5.35. The third-order valence-electron chi connectivity index (χ3n) is 5.60. The average molecular weight is 493 g/mol. The number of carbonyl (C=O) groups excluding carboxylic acids is 3. The zero-order valence-corrected chi connectivity index (χ0v) is 18.7. The number of rotatable bonds is 4. The number of hydrogen-bond acceptors (Lipinski definition) is 3. The van der Waals surface area contributed by atoms with Crippen LogP contribution in [0.2, 0.25) is 5.02 Å². The number of amides is 3. The number of para-hydroxylation sites is 1. The average Bonchev–Trinajstić information content (AvgIpc) is 3.32. The zero-order valence-electron chi connectivity index (χ0n) is 17.9. The Bertz CT molecular complexity index is 1290. The lowest BCUT2D eigenvalue weighted by molar-refractivity contribution is -0.119. The minimum Gasteiger partial charge on any atom is -0.334 e. The predicted octanol–water partition coefficient (Wildman–Crippen LogP) is 4.65. The van der Waals surface area contributed by atoms with Crippen LogP contribution in [-0.4, -0.2) is 45.8 Å². The van der Waals surface area contributed by atoms with Crippen LogP contribution in [0, 0.1) is 5.82 Å². The van der Waals surface area contributed by atoms with E-state index in [9.17, 15) is 27.6 Å². The molecule has 2 heterocycles. The van der Waals surface area contributed by atoms with Gasteiger partial charge in [0.05, 0.1) is 22.8 Å². The van der Waals surface area contributed by atoms with Crippen LogP contribution in [0.5, 0.6) is 0 Å². The molecule has 2 N–H and O–H groups in total. The molecule has 0 spiro atoms. The Labute approximate surface area is 197 Å². The molecule has 1 aromatic heterocycles. The van der Waals surface area contributed by atoms with Gasteiger partial charge in [-0.25, -0.2) is 18.0 Å². The smallest absolute Gasteiger partial charge is 0.318 e. The van der Waals surface area contributed by atoms with E-state index in [1.807, 2.05) is 0 Å². The molecule has 0 aliphatic carbocycles. The number of anilines is 1. The molecule has 178 valence electrons. The van der Waals surface area contributed by atoms with Crippen LogP contribution >= 0.6 is 11.6 Å². The summed E-state index contributed by atoms with van der Waals surface area (Å²) >= 11 is 5.73. The number of hydrogen-bond donors (Lipinski definition) is 2. The van der Waals surface area contributed by atoms with Gasteiger partial charge in [0.15, 0.2) is 0 Å². The SMILES string of the molecule is CC(=O)n1cc(NC(=O)C2CC(F)(F)CN2C(=O)NCc2cccc(Cl)c2F)c2ccccc21. The van der Waals surface area contributed by atoms with Crippen LogP contribution in [-0.2, 0) is 11.3 Å². The first-order valence-electron chi connectivity index (χ1n) is 10.3. The maximum atomic E-state index is 14.2. The topological polar surface area (TPSA) is 83.4 Å². The summed E-state index contributed by atoms with van der Waals surface area (Å²) in [5.74, 6) is -5.13. The first-order chi connectivity index (χ1) is 16.1. The second-order valence-corrected chi connectivity index (χ2v) is 8.42. The van der Waals surface area contributed by atoms with Gasteiger partial charge in [-0.3, -0.25) is 14.2 Å². The molecule has 2 aromatic carbocycles. The number of aromatic nitrogens is 1. The summed E-state index contributed by atoms with van der Waals surface area (Å²) in [6.07, 6.45) is 0.535. The molecule has 11 heteroatoms. The fraction of sp³-hybridized carbons (Fsp3) is 0.261. The lowest BCUT2D eigenvalue weighted by atomic mass is 10.1. The summed E-state index contributed by atoms with van der Waals surface area (Å²) in [5.41, 5.74) is 0.873. The van der Waals surface area contributed by atoms with Crippen molar-refractivity contribution in [1.29, 1.82) is 0 Å². The first kappa shape index (κ1) is 23.6. The van der Waals surface area contributed by atoms with Crippen molar-refractivity contribution in [3.05, 3.63) is 65.1 Å². The number of carbonyl (C=O) groups is 3. The molecular formula is C23H20ClF3N4O3. The molecule has 7 nitrogen and oxygen atoms in total. The van der Waals surface area contributed by atoms with E-state index < -0.39 is 42.7 Å². The molecule has 1 saturated heterocycles. The van der Waals surface area contributed by atoms with E-state index in [0.717, 1.165) is 4.90 Å². The van der Waals surface area contributed by atoms with Gasteiger partial charge in [-0.15, -0.1) is 0 Å². The van der Waals surface area contributed by atoms with Crippen molar-refractivity contribution in [2.75, 3.05) is 11.9 Å². The quantitative estimate of drug-likeness (QED) is 0.556. The van der Waals surface area contributed by atoms with Gasteiger partial charge in [-0.2, -0.15) is 0 Å². The van der Waals surface area contributed by atoms with E-state index in [1.165, 1.54) is 35.9 Å². The first-order valence-corrected chi connectivity index (χ1v) is 10.7. The number of urea groups is 1. The van der Waals surface area contributed by atoms with Gasteiger partial charge < -0.3 is 15.5 Å². The van der Waals surface area contributed by atoms with Crippen molar-refractivity contribution in [3.63, 3.8) is 0 Å². The highest BCUT2D eigenvalue weighted by Crippen LogP contribution is 2.34. The lowest BCUT2D eigenvalue weighted by Gasteiger charge is -2.23. The lowest BCUT2D eigenvalue weighted by Crippen LogP contribution is -2.47. The fourth-order valence-corrected chi connectivity index (χ4v) is 4.17. The number of nitrogens with zero attached hydrogens (tertiary/aromatic N) is 2. The standard InChI is InChI=1S/C23H20ClF3N4O3/c1-13(32)30-11-17(15-6-2-3-8-18(15)30)29-21(33)19-9-23(26,27)12-31(19)22(34)28-10-14-5-4-7-16(24)20(14)25/h2-8,11,19H,9-10,12H2,1H3,(H,28,34)(H,29,33). The summed E-state index contributed by atoms with van der Waals surface area (Å²) in [7, 11) is 0. The molecule has 1 fully saturated rings. The third kappa shape index (κ3) is 4.58. The van der Waals surface area contributed by atoms with Crippen molar-refractivity contribution < 1.29 is 27.6 Å². The van der Waals surface area contributed by atoms with Crippen LogP contribution in [0.1, 0.15) is 23.7 Å². The van der Waals surface area contributed by atoms with E-state index in [1.54, 1.807) is 24.3 Å². The molecule has 1 aliphatic heterocycles. The highest BCUT2D eigenvalue weighted by atomic mass is 35.5. The minimum absolute atomic E-state index is 0.0739. The molecule has 34 heavy (non-hydrogen) atoms. The fourth-order valence-electron chi connectivity index (χ4n) is 3.98. The molecule has 1 atom stereocenters. The molecule has 0 saturated carbocycles. The van der Waals surface area contributed by atoms with Crippen molar-refractivity contribution >= 4 is 46.0 Å². The Balaban J connectivity index is 1.53. The Hall–Kier alpha value is -3.53. The van der Waals surface area contributed by atoms with Crippen LogP contribution in [0.25, 0.3) is 10.9 Å². The van der Waals surface area contributed by atoms with Gasteiger partial charge in [0.25, 0.3) is 5.92 Å². The van der Waals surface area contributed by atoms with Crippen molar-refractivity contribution in [2.24, 2.45) is 0 Å². The number of fused-ring (bicyclic) bond motifs is 1. The monoisotopic (exact) mass is 492 g/mol. The highest BCUT2D eigenvalue weighted by Gasteiger charge is 2.50. The number of halogens is 4. The summed E-state index contributed by atoms with van der Waals surface area (Å²) in [4.78, 5) is 38.3. The second-order valence-electron chi connectivity index (χ2n) is 8.01. The Morgan fingerprint density at radius 2 is 1.88 bits per heavy atom. The Kier molecular flexibility index (Phi) is 6.26. The predicted molar refractivity (Wildman–Crippen MR) is 121 cm³/mol. The normalized spacial score (nSPS) is 17.1. The van der Waals surface area contributed by atoms with Crippen LogP contribution < -0.4 is 10.6 Å². The van der Waals surface area contributed by atoms with Crippen molar-refractivity contribution in [2.45, 2.75) is 31.9 Å². The van der Waals surface area contributed by atoms with Gasteiger partial charge >= 0.3 is 6.03 Å². The maximum absolute atomic E-state index is 14.2. The van der Waals surface area contributed by atoms with Gasteiger partial charge in [0.2, 0.25) is 11.8 Å². The zero-order chi connectivity index (χ0) is 24.6. The summed E-state index contributed by atoms with van der Waals surface area (Å²) < 4.78 is 43.8. The van der Waals surface area contributed by atoms with E-state index in [4.69, 9.17) is 11.6 Å². The summed E-state index contributed by atoms with van der Waals surface area (Å²) in [6, 6.07) is 8.61. The molecule has 0 bridgehead atoms. The van der Waals surface area contributed by atoms with E-state index in [0.29, 0.717) is 10.9 Å². The summed E-state index contributed by atoms with van der Waals surface area (Å²) in [6.45, 7) is 0.0856. The van der Waals surface area contributed by atoms with E-state index >= 15 is 0 Å². The molecule has 0 radical (unpaired) electrons. The van der Waals surface area contributed by atoms with Crippen LogP contribution in [0.3, 0.4) is 0 Å². The Morgan fingerprint density at radius 3 is 2.62 bits per heavy atom. The largest absolute Gasteiger partial charge is 0.334 e. The highest BCUT2D eigenvalue weighted by molar-refractivity contribution is 6.30. The van der Waals surface area contributed by atoms with Crippen molar-refractivity contribution in [3.8, 4) is 0 Å².